The van der Waals surface area contributed by atoms with Crippen LogP contribution < -0.4 is 14.8 Å². The van der Waals surface area contributed by atoms with Gasteiger partial charge in [-0.3, -0.25) is 4.79 Å². The standard InChI is InChI=1S/C17H25NO5/c1-11(2)16(17(20)21)18-15(19)7-5-6-12-8-9-13(22-3)10-14(12)23-4/h8-11,16H,5-7H2,1-4H3,(H,18,19)(H,20,21). The summed E-state index contributed by atoms with van der Waals surface area (Å²) in [6.45, 7) is 3.53. The first-order valence-corrected chi connectivity index (χ1v) is 7.62. The Labute approximate surface area is 136 Å². The van der Waals surface area contributed by atoms with E-state index in [4.69, 9.17) is 14.6 Å². The zero-order valence-electron chi connectivity index (χ0n) is 14.1. The maximum Gasteiger partial charge on any atom is 0.326 e. The Kier molecular flexibility index (Phi) is 7.38. The Morgan fingerprint density at radius 1 is 1.22 bits per heavy atom. The fraction of sp³-hybridized carbons (Fsp3) is 0.529. The molecule has 1 aromatic rings. The minimum Gasteiger partial charge on any atom is -0.497 e. The highest BCUT2D eigenvalue weighted by atomic mass is 16.5. The molecule has 0 saturated carbocycles. The van der Waals surface area contributed by atoms with Crippen LogP contribution in [0.25, 0.3) is 0 Å². The molecule has 0 fully saturated rings. The summed E-state index contributed by atoms with van der Waals surface area (Å²) in [6, 6.07) is 4.70. The van der Waals surface area contributed by atoms with Gasteiger partial charge in [-0.05, 0) is 30.4 Å². The summed E-state index contributed by atoms with van der Waals surface area (Å²) in [5.74, 6) is 0.0156. The van der Waals surface area contributed by atoms with E-state index in [-0.39, 0.29) is 18.2 Å². The second kappa shape index (κ2) is 9.02. The Morgan fingerprint density at radius 2 is 1.91 bits per heavy atom. The largest absolute Gasteiger partial charge is 0.497 e. The van der Waals surface area contributed by atoms with Crippen LogP contribution in [0.2, 0.25) is 0 Å². The smallest absolute Gasteiger partial charge is 0.326 e. The quantitative estimate of drug-likeness (QED) is 0.728. The van der Waals surface area contributed by atoms with Gasteiger partial charge in [0.15, 0.2) is 0 Å². The normalized spacial score (nSPS) is 11.9. The molecule has 0 aromatic heterocycles. The van der Waals surface area contributed by atoms with Crippen LogP contribution in [0.15, 0.2) is 18.2 Å². The zero-order chi connectivity index (χ0) is 17.4. The van der Waals surface area contributed by atoms with Crippen molar-refractivity contribution < 1.29 is 24.2 Å². The number of carbonyl (C=O) groups is 2. The zero-order valence-corrected chi connectivity index (χ0v) is 14.1. The van der Waals surface area contributed by atoms with Gasteiger partial charge in [0.05, 0.1) is 14.2 Å². The third-order valence-corrected chi connectivity index (χ3v) is 3.59. The van der Waals surface area contributed by atoms with Crippen molar-refractivity contribution in [1.82, 2.24) is 5.32 Å². The number of hydrogen-bond acceptors (Lipinski definition) is 4. The molecule has 2 N–H and O–H groups in total. The SMILES string of the molecule is COc1ccc(CCCC(=O)NC(C(=O)O)C(C)C)c(OC)c1. The molecule has 0 bridgehead atoms. The molecule has 0 aliphatic rings. The molecule has 6 heteroatoms. The molecule has 128 valence electrons. The summed E-state index contributed by atoms with van der Waals surface area (Å²) in [6.07, 6.45) is 1.55. The molecule has 6 nitrogen and oxygen atoms in total. The third kappa shape index (κ3) is 5.81. The number of aliphatic carboxylic acids is 1. The van der Waals surface area contributed by atoms with Gasteiger partial charge in [-0.2, -0.15) is 0 Å². The summed E-state index contributed by atoms with van der Waals surface area (Å²) in [5, 5.41) is 11.6. The number of carboxylic acid groups (broad SMARTS) is 1. The number of nitrogens with one attached hydrogen (secondary N) is 1. The first-order valence-electron chi connectivity index (χ1n) is 7.62. The van der Waals surface area contributed by atoms with E-state index in [2.05, 4.69) is 5.32 Å². The average molecular weight is 323 g/mol. The molecule has 0 aliphatic carbocycles. The highest BCUT2D eigenvalue weighted by molar-refractivity contribution is 5.83. The van der Waals surface area contributed by atoms with Crippen molar-refractivity contribution in [3.63, 3.8) is 0 Å². The maximum atomic E-state index is 11.9. The van der Waals surface area contributed by atoms with Crippen molar-refractivity contribution >= 4 is 11.9 Å². The van der Waals surface area contributed by atoms with Crippen LogP contribution in [-0.2, 0) is 16.0 Å². The van der Waals surface area contributed by atoms with Gasteiger partial charge in [0.2, 0.25) is 5.91 Å². The van der Waals surface area contributed by atoms with Gasteiger partial charge in [-0.1, -0.05) is 19.9 Å². The Hall–Kier alpha value is -2.24. The minimum absolute atomic E-state index is 0.155. The molecule has 0 saturated heterocycles. The molecule has 1 unspecified atom stereocenters. The van der Waals surface area contributed by atoms with Gasteiger partial charge in [0.1, 0.15) is 17.5 Å². The van der Waals surface area contributed by atoms with Crippen molar-refractivity contribution in [2.24, 2.45) is 5.92 Å². The van der Waals surface area contributed by atoms with E-state index >= 15 is 0 Å². The van der Waals surface area contributed by atoms with Crippen molar-refractivity contribution in [3.8, 4) is 11.5 Å². The van der Waals surface area contributed by atoms with E-state index in [1.54, 1.807) is 34.1 Å². The second-order valence-electron chi connectivity index (χ2n) is 5.66. The first-order chi connectivity index (χ1) is 10.9. The molecule has 1 aromatic carbocycles. The Morgan fingerprint density at radius 3 is 2.43 bits per heavy atom. The molecule has 1 atom stereocenters. The van der Waals surface area contributed by atoms with Crippen LogP contribution in [-0.4, -0.2) is 37.2 Å². The Bertz CT molecular complexity index is 542. The summed E-state index contributed by atoms with van der Waals surface area (Å²) in [7, 11) is 3.18. The van der Waals surface area contributed by atoms with Crippen LogP contribution in [0, 0.1) is 5.92 Å². The van der Waals surface area contributed by atoms with Gasteiger partial charge in [-0.15, -0.1) is 0 Å². The molecular weight excluding hydrogens is 298 g/mol. The summed E-state index contributed by atoms with van der Waals surface area (Å²) in [5.41, 5.74) is 0.986. The third-order valence-electron chi connectivity index (χ3n) is 3.59. The molecular formula is C17H25NO5. The lowest BCUT2D eigenvalue weighted by molar-refractivity contribution is -0.143. The number of ether oxygens (including phenoxy) is 2. The van der Waals surface area contributed by atoms with E-state index in [1.807, 2.05) is 12.1 Å². The molecule has 0 heterocycles. The van der Waals surface area contributed by atoms with Crippen LogP contribution in [0.4, 0.5) is 0 Å². The van der Waals surface area contributed by atoms with Gasteiger partial charge in [-0.25, -0.2) is 4.79 Å². The topological polar surface area (TPSA) is 84.9 Å². The van der Waals surface area contributed by atoms with Crippen molar-refractivity contribution in [3.05, 3.63) is 23.8 Å². The lowest BCUT2D eigenvalue weighted by Crippen LogP contribution is -2.44. The van der Waals surface area contributed by atoms with Crippen molar-refractivity contribution in [2.75, 3.05) is 14.2 Å². The number of hydrogen-bond donors (Lipinski definition) is 2. The molecule has 0 spiro atoms. The van der Waals surface area contributed by atoms with Gasteiger partial charge >= 0.3 is 5.97 Å². The predicted molar refractivity (Wildman–Crippen MR) is 86.9 cm³/mol. The number of benzene rings is 1. The molecule has 0 radical (unpaired) electrons. The molecule has 23 heavy (non-hydrogen) atoms. The van der Waals surface area contributed by atoms with E-state index in [0.717, 1.165) is 11.3 Å². The fourth-order valence-corrected chi connectivity index (χ4v) is 2.26. The summed E-state index contributed by atoms with van der Waals surface area (Å²) in [4.78, 5) is 23.0. The minimum atomic E-state index is -1.01. The first kappa shape index (κ1) is 18.8. The molecule has 1 rings (SSSR count). The van der Waals surface area contributed by atoms with E-state index in [9.17, 15) is 9.59 Å². The van der Waals surface area contributed by atoms with Crippen LogP contribution in [0.3, 0.4) is 0 Å². The van der Waals surface area contributed by atoms with Crippen LogP contribution in [0.1, 0.15) is 32.3 Å². The number of aryl methyl sites for hydroxylation is 1. The number of carboxylic acids is 1. The van der Waals surface area contributed by atoms with E-state index < -0.39 is 12.0 Å². The maximum absolute atomic E-state index is 11.9. The van der Waals surface area contributed by atoms with Gasteiger partial charge in [0.25, 0.3) is 0 Å². The summed E-state index contributed by atoms with van der Waals surface area (Å²) >= 11 is 0. The van der Waals surface area contributed by atoms with E-state index in [0.29, 0.717) is 18.6 Å². The number of carbonyl (C=O) groups excluding carboxylic acids is 1. The van der Waals surface area contributed by atoms with Crippen LogP contribution in [0.5, 0.6) is 11.5 Å². The van der Waals surface area contributed by atoms with Gasteiger partial charge in [0, 0.05) is 12.5 Å². The number of amides is 1. The fourth-order valence-electron chi connectivity index (χ4n) is 2.26. The lowest BCUT2D eigenvalue weighted by Gasteiger charge is -2.17. The van der Waals surface area contributed by atoms with Crippen molar-refractivity contribution in [1.29, 1.82) is 0 Å². The average Bonchev–Trinajstić information content (AvgIpc) is 2.52. The Balaban J connectivity index is 2.53. The monoisotopic (exact) mass is 323 g/mol. The van der Waals surface area contributed by atoms with Crippen molar-refractivity contribution in [2.45, 2.75) is 39.2 Å². The second-order valence-corrected chi connectivity index (χ2v) is 5.66. The summed E-state index contributed by atoms with van der Waals surface area (Å²) < 4.78 is 10.5. The van der Waals surface area contributed by atoms with Crippen LogP contribution >= 0.6 is 0 Å². The number of methoxy groups -OCH3 is 2. The number of rotatable bonds is 9. The van der Waals surface area contributed by atoms with E-state index in [1.165, 1.54) is 0 Å². The molecule has 0 aliphatic heterocycles. The molecule has 1 amide bonds. The van der Waals surface area contributed by atoms with Gasteiger partial charge < -0.3 is 19.9 Å². The highest BCUT2D eigenvalue weighted by Gasteiger charge is 2.23. The predicted octanol–water partition coefficient (Wildman–Crippen LogP) is 2.25. The lowest BCUT2D eigenvalue weighted by atomic mass is 10.0. The highest BCUT2D eigenvalue weighted by Crippen LogP contribution is 2.25.